The number of H-pyrrole nitrogens is 1. The molecule has 0 amide bonds. The summed E-state index contributed by atoms with van der Waals surface area (Å²) in [6, 6.07) is 4.36. The molecule has 2 aromatic rings. The largest absolute Gasteiger partial charge is 0.369 e. The molecule has 0 bridgehead atoms. The molecule has 112 valence electrons. The second-order valence-electron chi connectivity index (χ2n) is 4.88. The number of hydrogen-bond acceptors (Lipinski definition) is 4. The summed E-state index contributed by atoms with van der Waals surface area (Å²) in [6.07, 6.45) is 4.56. The van der Waals surface area contributed by atoms with Crippen molar-refractivity contribution < 1.29 is 12.8 Å². The first kappa shape index (κ1) is 13.9. The van der Waals surface area contributed by atoms with Crippen molar-refractivity contribution in [2.45, 2.75) is 17.9 Å². The minimum absolute atomic E-state index is 0.0634. The molecule has 0 aliphatic carbocycles. The predicted molar refractivity (Wildman–Crippen MR) is 77.2 cm³/mol. The average Bonchev–Trinajstić information content (AvgIpc) is 3.12. The highest BCUT2D eigenvalue weighted by molar-refractivity contribution is 7.92. The van der Waals surface area contributed by atoms with Gasteiger partial charge in [0.1, 0.15) is 5.82 Å². The number of hydrogen-bond donors (Lipinski definition) is 2. The van der Waals surface area contributed by atoms with Crippen LogP contribution in [0.2, 0.25) is 0 Å². The Morgan fingerprint density at radius 3 is 2.67 bits per heavy atom. The molecule has 2 heterocycles. The summed E-state index contributed by atoms with van der Waals surface area (Å²) in [6.45, 7) is 1.66. The molecule has 0 radical (unpaired) electrons. The molecule has 21 heavy (non-hydrogen) atoms. The van der Waals surface area contributed by atoms with E-state index in [1.165, 1.54) is 18.6 Å². The summed E-state index contributed by atoms with van der Waals surface area (Å²) >= 11 is 0. The van der Waals surface area contributed by atoms with Crippen molar-refractivity contribution in [2.75, 3.05) is 22.7 Å². The van der Waals surface area contributed by atoms with Crippen LogP contribution in [-0.4, -0.2) is 31.5 Å². The second kappa shape index (κ2) is 5.36. The van der Waals surface area contributed by atoms with Gasteiger partial charge in [-0.05, 0) is 25.0 Å². The van der Waals surface area contributed by atoms with Gasteiger partial charge in [-0.2, -0.15) is 8.42 Å². The molecule has 1 saturated heterocycles. The zero-order valence-corrected chi connectivity index (χ0v) is 12.0. The van der Waals surface area contributed by atoms with Gasteiger partial charge in [0.05, 0.1) is 23.9 Å². The summed E-state index contributed by atoms with van der Waals surface area (Å²) in [5, 5.41) is -0.0634. The standard InChI is InChI=1S/C13H15FN4O2S/c14-11-7-10(3-4-12(11)18-5-1-2-6-18)17-21(19,20)13-8-15-9-16-13/h3-4,7-9,17H,1-2,5-6H2,(H,15,16). The lowest BCUT2D eigenvalue weighted by Gasteiger charge is -2.18. The van der Waals surface area contributed by atoms with Crippen LogP contribution in [0.1, 0.15) is 12.8 Å². The zero-order chi connectivity index (χ0) is 14.9. The van der Waals surface area contributed by atoms with E-state index >= 15 is 0 Å². The van der Waals surface area contributed by atoms with Crippen LogP contribution in [0.15, 0.2) is 35.7 Å². The number of aromatic amines is 1. The van der Waals surface area contributed by atoms with Crippen LogP contribution < -0.4 is 9.62 Å². The minimum atomic E-state index is -3.77. The molecule has 0 saturated carbocycles. The molecule has 1 aromatic carbocycles. The van der Waals surface area contributed by atoms with Crippen molar-refractivity contribution in [3.05, 3.63) is 36.5 Å². The van der Waals surface area contributed by atoms with Crippen LogP contribution >= 0.6 is 0 Å². The summed E-state index contributed by atoms with van der Waals surface area (Å²) in [5.74, 6) is -0.429. The van der Waals surface area contributed by atoms with Crippen molar-refractivity contribution in [3.63, 3.8) is 0 Å². The fourth-order valence-corrected chi connectivity index (χ4v) is 3.34. The number of benzene rings is 1. The van der Waals surface area contributed by atoms with E-state index in [0.717, 1.165) is 25.9 Å². The van der Waals surface area contributed by atoms with Gasteiger partial charge < -0.3 is 9.88 Å². The van der Waals surface area contributed by atoms with E-state index in [1.807, 2.05) is 4.90 Å². The van der Waals surface area contributed by atoms with Crippen molar-refractivity contribution in [1.29, 1.82) is 0 Å². The van der Waals surface area contributed by atoms with Crippen LogP contribution in [0.4, 0.5) is 15.8 Å². The van der Waals surface area contributed by atoms with Crippen molar-refractivity contribution in [2.24, 2.45) is 0 Å². The van der Waals surface area contributed by atoms with Crippen LogP contribution in [0.3, 0.4) is 0 Å². The number of halogens is 1. The predicted octanol–water partition coefficient (Wildman–Crippen LogP) is 1.95. The quantitative estimate of drug-likeness (QED) is 0.905. The first-order valence-electron chi connectivity index (χ1n) is 6.62. The molecule has 1 aliphatic heterocycles. The van der Waals surface area contributed by atoms with Gasteiger partial charge in [0.2, 0.25) is 0 Å². The van der Waals surface area contributed by atoms with E-state index in [-0.39, 0.29) is 10.7 Å². The third-order valence-corrected chi connectivity index (χ3v) is 4.72. The molecular weight excluding hydrogens is 295 g/mol. The monoisotopic (exact) mass is 310 g/mol. The number of sulfonamides is 1. The van der Waals surface area contributed by atoms with E-state index in [9.17, 15) is 12.8 Å². The van der Waals surface area contributed by atoms with E-state index < -0.39 is 15.8 Å². The molecule has 3 rings (SSSR count). The first-order chi connectivity index (χ1) is 10.1. The Balaban J connectivity index is 1.82. The van der Waals surface area contributed by atoms with Gasteiger partial charge in [0, 0.05) is 19.2 Å². The third kappa shape index (κ3) is 2.85. The Labute approximate surface area is 122 Å². The molecule has 1 aromatic heterocycles. The summed E-state index contributed by atoms with van der Waals surface area (Å²) in [7, 11) is -3.77. The molecule has 1 aliphatic rings. The lowest BCUT2D eigenvalue weighted by Crippen LogP contribution is -2.19. The Morgan fingerprint density at radius 1 is 1.29 bits per heavy atom. The lowest BCUT2D eigenvalue weighted by atomic mass is 10.2. The Hall–Kier alpha value is -2.09. The first-order valence-corrected chi connectivity index (χ1v) is 8.10. The van der Waals surface area contributed by atoms with E-state index in [1.54, 1.807) is 12.1 Å². The van der Waals surface area contributed by atoms with E-state index in [0.29, 0.717) is 5.69 Å². The average molecular weight is 310 g/mol. The summed E-state index contributed by atoms with van der Waals surface area (Å²) in [5.41, 5.74) is 0.696. The van der Waals surface area contributed by atoms with Crippen molar-refractivity contribution >= 4 is 21.4 Å². The number of nitrogens with zero attached hydrogens (tertiary/aromatic N) is 2. The molecule has 0 spiro atoms. The maximum Gasteiger partial charge on any atom is 0.278 e. The molecule has 2 N–H and O–H groups in total. The maximum atomic E-state index is 14.1. The minimum Gasteiger partial charge on any atom is -0.369 e. The summed E-state index contributed by atoms with van der Waals surface area (Å²) < 4.78 is 40.4. The maximum absolute atomic E-state index is 14.1. The topological polar surface area (TPSA) is 78.1 Å². The van der Waals surface area contributed by atoms with Gasteiger partial charge in [0.25, 0.3) is 10.0 Å². The highest BCUT2D eigenvalue weighted by atomic mass is 32.2. The van der Waals surface area contributed by atoms with Crippen LogP contribution in [0, 0.1) is 5.82 Å². The molecular formula is C13H15FN4O2S. The molecule has 6 nitrogen and oxygen atoms in total. The highest BCUT2D eigenvalue weighted by Gasteiger charge is 2.19. The Morgan fingerprint density at radius 2 is 2.05 bits per heavy atom. The van der Waals surface area contributed by atoms with Crippen LogP contribution in [0.5, 0.6) is 0 Å². The van der Waals surface area contributed by atoms with Gasteiger partial charge in [-0.25, -0.2) is 9.37 Å². The third-order valence-electron chi connectivity index (χ3n) is 3.41. The molecule has 8 heteroatoms. The number of aromatic nitrogens is 2. The fraction of sp³-hybridized carbons (Fsp3) is 0.308. The number of nitrogens with one attached hydrogen (secondary N) is 2. The van der Waals surface area contributed by atoms with Gasteiger partial charge >= 0.3 is 0 Å². The van der Waals surface area contributed by atoms with E-state index in [4.69, 9.17) is 0 Å². The Kier molecular flexibility index (Phi) is 3.54. The van der Waals surface area contributed by atoms with Gasteiger partial charge in [0.15, 0.2) is 5.03 Å². The van der Waals surface area contributed by atoms with Gasteiger partial charge in [-0.1, -0.05) is 0 Å². The Bertz CT molecular complexity index is 725. The SMILES string of the molecule is O=S(=O)(Nc1ccc(N2CCCC2)c(F)c1)c1cnc[nH]1. The van der Waals surface area contributed by atoms with E-state index in [2.05, 4.69) is 14.7 Å². The van der Waals surface area contributed by atoms with Gasteiger partial charge in [-0.15, -0.1) is 0 Å². The molecule has 0 atom stereocenters. The smallest absolute Gasteiger partial charge is 0.278 e. The van der Waals surface area contributed by atoms with Crippen LogP contribution in [-0.2, 0) is 10.0 Å². The highest BCUT2D eigenvalue weighted by Crippen LogP contribution is 2.26. The van der Waals surface area contributed by atoms with Gasteiger partial charge in [-0.3, -0.25) is 4.72 Å². The second-order valence-corrected chi connectivity index (χ2v) is 6.53. The summed E-state index contributed by atoms with van der Waals surface area (Å²) in [4.78, 5) is 8.12. The number of imidazole rings is 1. The fourth-order valence-electron chi connectivity index (χ4n) is 2.39. The number of rotatable bonds is 4. The number of anilines is 2. The zero-order valence-electron chi connectivity index (χ0n) is 11.2. The molecule has 0 unspecified atom stereocenters. The van der Waals surface area contributed by atoms with Crippen LogP contribution in [0.25, 0.3) is 0 Å². The van der Waals surface area contributed by atoms with Crippen molar-refractivity contribution in [3.8, 4) is 0 Å². The molecule has 1 fully saturated rings. The normalized spacial score (nSPS) is 15.4. The lowest BCUT2D eigenvalue weighted by molar-refractivity contribution is 0.598. The van der Waals surface area contributed by atoms with Crippen molar-refractivity contribution in [1.82, 2.24) is 9.97 Å².